The third-order valence-electron chi connectivity index (χ3n) is 5.06. The maximum absolute atomic E-state index is 12.7. The molecular formula is C21H23NO3S. The Labute approximate surface area is 157 Å². The number of thiophene rings is 1. The van der Waals surface area contributed by atoms with Crippen LogP contribution in [0.4, 0.5) is 0 Å². The Balaban J connectivity index is 1.64. The maximum Gasteiger partial charge on any atom is 0.232 e. The van der Waals surface area contributed by atoms with Gasteiger partial charge in [-0.3, -0.25) is 9.69 Å². The molecule has 3 heterocycles. The second kappa shape index (κ2) is 6.89. The predicted molar refractivity (Wildman–Crippen MR) is 104 cm³/mol. The van der Waals surface area contributed by atoms with Gasteiger partial charge in [0.2, 0.25) is 5.78 Å². The highest BCUT2D eigenvalue weighted by Gasteiger charge is 2.32. The molecule has 0 spiro atoms. The number of phenolic OH excluding ortho intramolecular Hbond substituents is 1. The smallest absolute Gasteiger partial charge is 0.232 e. The number of carbonyl (C=O) groups excluding carboxylic acids is 1. The van der Waals surface area contributed by atoms with Gasteiger partial charge in [0.05, 0.1) is 11.1 Å². The molecule has 2 aliphatic rings. The Morgan fingerprint density at radius 3 is 2.73 bits per heavy atom. The summed E-state index contributed by atoms with van der Waals surface area (Å²) in [6, 6.07) is 7.17. The molecule has 2 aromatic rings. The second-order valence-corrected chi connectivity index (χ2v) is 8.51. The van der Waals surface area contributed by atoms with Crippen molar-refractivity contribution >= 4 is 23.2 Å². The van der Waals surface area contributed by atoms with E-state index in [0.717, 1.165) is 18.0 Å². The molecule has 4 nitrogen and oxygen atoms in total. The van der Waals surface area contributed by atoms with Crippen molar-refractivity contribution in [1.82, 2.24) is 4.90 Å². The van der Waals surface area contributed by atoms with Crippen LogP contribution < -0.4 is 4.74 Å². The Hall–Kier alpha value is -2.11. The normalized spacial score (nSPS) is 24.7. The Morgan fingerprint density at radius 2 is 2.04 bits per heavy atom. The Bertz CT molecular complexity index is 846. The molecule has 1 aromatic heterocycles. The fraction of sp³-hybridized carbons (Fsp3) is 0.381. The van der Waals surface area contributed by atoms with Crippen molar-refractivity contribution in [3.63, 3.8) is 0 Å². The van der Waals surface area contributed by atoms with Gasteiger partial charge in [-0.15, -0.1) is 11.3 Å². The molecule has 1 N–H and O–H groups in total. The van der Waals surface area contributed by atoms with Crippen molar-refractivity contribution in [1.29, 1.82) is 0 Å². The number of hydrogen-bond acceptors (Lipinski definition) is 5. The lowest BCUT2D eigenvalue weighted by Crippen LogP contribution is -2.38. The number of carbonyl (C=O) groups is 1. The minimum atomic E-state index is -0.116. The Kier molecular flexibility index (Phi) is 4.59. The molecule has 5 heteroatoms. The van der Waals surface area contributed by atoms with Gasteiger partial charge in [-0.25, -0.2) is 0 Å². The van der Waals surface area contributed by atoms with Gasteiger partial charge < -0.3 is 9.84 Å². The largest absolute Gasteiger partial charge is 0.507 e. The van der Waals surface area contributed by atoms with Gasteiger partial charge in [0.25, 0.3) is 0 Å². The number of likely N-dealkylation sites (tertiary alicyclic amines) is 1. The van der Waals surface area contributed by atoms with Gasteiger partial charge in [0.15, 0.2) is 5.76 Å². The van der Waals surface area contributed by atoms with Gasteiger partial charge in [-0.2, -0.15) is 0 Å². The number of rotatable bonds is 3. The van der Waals surface area contributed by atoms with Crippen LogP contribution in [0.1, 0.15) is 41.1 Å². The van der Waals surface area contributed by atoms with Gasteiger partial charge in [0.1, 0.15) is 11.5 Å². The number of phenols is 1. The lowest BCUT2D eigenvalue weighted by molar-refractivity contribution is 0.101. The van der Waals surface area contributed by atoms with E-state index in [1.165, 1.54) is 6.42 Å². The first-order valence-corrected chi connectivity index (χ1v) is 9.94. The van der Waals surface area contributed by atoms with E-state index in [2.05, 4.69) is 18.7 Å². The lowest BCUT2D eigenvalue weighted by atomic mass is 9.91. The van der Waals surface area contributed by atoms with Crippen LogP contribution in [0.15, 0.2) is 35.4 Å². The molecule has 0 radical (unpaired) electrons. The lowest BCUT2D eigenvalue weighted by Gasteiger charge is -2.35. The van der Waals surface area contributed by atoms with Crippen LogP contribution in [-0.4, -0.2) is 28.9 Å². The molecule has 136 valence electrons. The molecule has 1 aromatic carbocycles. The summed E-state index contributed by atoms with van der Waals surface area (Å²) in [5, 5.41) is 12.4. The van der Waals surface area contributed by atoms with Crippen LogP contribution in [0.5, 0.6) is 11.5 Å². The van der Waals surface area contributed by atoms with E-state index in [4.69, 9.17) is 4.74 Å². The SMILES string of the molecule is C[C@H]1C[C@H](C)CN(Cc2c(O)ccc3c2O/C(=C\c2cccs2)C3=O)C1. The standard InChI is InChI=1S/C21H23NO3S/c1-13-8-14(2)11-22(10-13)12-17-18(23)6-5-16-20(24)19(25-21(16)17)9-15-4-3-7-26-15/h3-7,9,13-14,23H,8,10-12H2,1-2H3/b19-9-/t13-,14-/m0/s1. The molecule has 1 fully saturated rings. The molecular weight excluding hydrogens is 346 g/mol. The van der Waals surface area contributed by atoms with Crippen LogP contribution >= 0.6 is 11.3 Å². The van der Waals surface area contributed by atoms with E-state index >= 15 is 0 Å². The topological polar surface area (TPSA) is 49.8 Å². The van der Waals surface area contributed by atoms with Gasteiger partial charge in [-0.05, 0) is 41.8 Å². The number of Topliss-reactive ketones (excluding diaryl/α,β-unsaturated/α-hetero) is 1. The summed E-state index contributed by atoms with van der Waals surface area (Å²) in [5.41, 5.74) is 1.26. The first kappa shape index (κ1) is 17.3. The number of nitrogens with zero attached hydrogens (tertiary/aromatic N) is 1. The van der Waals surface area contributed by atoms with E-state index < -0.39 is 0 Å². The number of hydrogen-bond donors (Lipinski definition) is 1. The fourth-order valence-corrected chi connectivity index (χ4v) is 4.74. The molecule has 0 aliphatic carbocycles. The average molecular weight is 369 g/mol. The van der Waals surface area contributed by atoms with Crippen molar-refractivity contribution in [2.45, 2.75) is 26.8 Å². The summed E-state index contributed by atoms with van der Waals surface area (Å²) >= 11 is 1.56. The third kappa shape index (κ3) is 3.29. The second-order valence-electron chi connectivity index (χ2n) is 7.54. The third-order valence-corrected chi connectivity index (χ3v) is 5.88. The maximum atomic E-state index is 12.7. The summed E-state index contributed by atoms with van der Waals surface area (Å²) in [4.78, 5) is 16.0. The number of benzene rings is 1. The number of piperidine rings is 1. The van der Waals surface area contributed by atoms with E-state index in [1.54, 1.807) is 29.5 Å². The van der Waals surface area contributed by atoms with Crippen molar-refractivity contribution in [3.8, 4) is 11.5 Å². The van der Waals surface area contributed by atoms with Gasteiger partial charge in [-0.1, -0.05) is 19.9 Å². The van der Waals surface area contributed by atoms with Crippen molar-refractivity contribution in [2.24, 2.45) is 11.8 Å². The average Bonchev–Trinajstić information content (AvgIpc) is 3.19. The van der Waals surface area contributed by atoms with Gasteiger partial charge in [0, 0.05) is 30.6 Å². The van der Waals surface area contributed by atoms with E-state index in [9.17, 15) is 9.90 Å². The molecule has 0 bridgehead atoms. The number of ether oxygens (including phenoxy) is 1. The zero-order valence-corrected chi connectivity index (χ0v) is 15.9. The minimum Gasteiger partial charge on any atom is -0.507 e. The first-order valence-electron chi connectivity index (χ1n) is 9.06. The zero-order valence-electron chi connectivity index (χ0n) is 15.1. The number of fused-ring (bicyclic) bond motifs is 1. The minimum absolute atomic E-state index is 0.116. The highest BCUT2D eigenvalue weighted by Crippen LogP contribution is 2.40. The molecule has 4 rings (SSSR count). The van der Waals surface area contributed by atoms with E-state index in [0.29, 0.717) is 41.0 Å². The highest BCUT2D eigenvalue weighted by atomic mass is 32.1. The zero-order chi connectivity index (χ0) is 18.3. The van der Waals surface area contributed by atoms with E-state index in [1.807, 2.05) is 17.5 Å². The first-order chi connectivity index (χ1) is 12.5. The summed E-state index contributed by atoms with van der Waals surface area (Å²) in [5.74, 6) is 2.19. The van der Waals surface area contributed by atoms with E-state index in [-0.39, 0.29) is 11.5 Å². The Morgan fingerprint density at radius 1 is 1.27 bits per heavy atom. The quantitative estimate of drug-likeness (QED) is 0.807. The summed E-state index contributed by atoms with van der Waals surface area (Å²) < 4.78 is 5.93. The summed E-state index contributed by atoms with van der Waals surface area (Å²) in [6.45, 7) is 7.13. The monoisotopic (exact) mass is 369 g/mol. The van der Waals surface area contributed by atoms with Gasteiger partial charge >= 0.3 is 0 Å². The fourth-order valence-electron chi connectivity index (χ4n) is 4.10. The van der Waals surface area contributed by atoms with Crippen LogP contribution in [0.3, 0.4) is 0 Å². The summed E-state index contributed by atoms with van der Waals surface area (Å²) in [7, 11) is 0. The molecule has 2 aliphatic heterocycles. The molecule has 2 atom stereocenters. The number of allylic oxidation sites excluding steroid dienone is 1. The molecule has 1 saturated heterocycles. The predicted octanol–water partition coefficient (Wildman–Crippen LogP) is 4.55. The number of ketones is 1. The van der Waals surface area contributed by atoms with Crippen LogP contribution in [0.25, 0.3) is 6.08 Å². The molecule has 0 unspecified atom stereocenters. The molecule has 0 amide bonds. The molecule has 26 heavy (non-hydrogen) atoms. The van der Waals surface area contributed by atoms with Crippen molar-refractivity contribution < 1.29 is 14.6 Å². The van der Waals surface area contributed by atoms with Crippen LogP contribution in [0, 0.1) is 11.8 Å². The van der Waals surface area contributed by atoms with Crippen molar-refractivity contribution in [2.75, 3.05) is 13.1 Å². The number of aromatic hydroxyl groups is 1. The van der Waals surface area contributed by atoms with Crippen LogP contribution in [-0.2, 0) is 6.54 Å². The highest BCUT2D eigenvalue weighted by molar-refractivity contribution is 7.10. The summed E-state index contributed by atoms with van der Waals surface area (Å²) in [6.07, 6.45) is 3.01. The van der Waals surface area contributed by atoms with Crippen molar-refractivity contribution in [3.05, 3.63) is 51.4 Å². The van der Waals surface area contributed by atoms with Crippen LogP contribution in [0.2, 0.25) is 0 Å². The molecule has 0 saturated carbocycles.